The molecule has 2 aliphatic rings. The van der Waals surface area contributed by atoms with Gasteiger partial charge in [-0.1, -0.05) is 104 Å². The second-order valence-corrected chi connectivity index (χ2v) is 14.0. The van der Waals surface area contributed by atoms with Crippen LogP contribution in [0, 0.1) is 0 Å². The van der Waals surface area contributed by atoms with Crippen molar-refractivity contribution in [2.24, 2.45) is 0 Å². The average Bonchev–Trinajstić information content (AvgIpc) is 3.94. The van der Waals surface area contributed by atoms with E-state index >= 15 is 0 Å². The molecule has 0 radical (unpaired) electrons. The van der Waals surface area contributed by atoms with Gasteiger partial charge in [0.15, 0.2) is 0 Å². The number of allylic oxidation sites excluding steroid dienone is 4. The fourth-order valence-electron chi connectivity index (χ4n) is 8.89. The number of H-pyrrole nitrogens is 2. The second kappa shape index (κ2) is 14.9. The summed E-state index contributed by atoms with van der Waals surface area (Å²) in [5.74, 6) is 0. The average molecular weight is 687 g/mol. The van der Waals surface area contributed by atoms with Gasteiger partial charge in [-0.2, -0.15) is 0 Å². The first-order valence-electron chi connectivity index (χ1n) is 19.8. The van der Waals surface area contributed by atoms with Gasteiger partial charge in [-0.3, -0.25) is 0 Å². The monoisotopic (exact) mass is 686 g/mol. The van der Waals surface area contributed by atoms with E-state index in [1.54, 1.807) is 0 Å². The van der Waals surface area contributed by atoms with Crippen molar-refractivity contribution >= 4 is 65.9 Å². The molecule has 4 heteroatoms. The standard InChI is InChI=1S/C48H54N4/c1-9-33-37(13-5)45-29-17-19-30(20-18-29)47-39(15-7)35(11-3)43(51-47)27-28-44-36(12-4)40(16-8)48(52-44)32-23-21-31(22-24-32)46-38(14-6)34(10-2)42(50-46)26-25-41(33)49-45/h17-28,49,51H,9-16H2,1-8H3. The number of aryl methyl sites for hydroxylation is 4. The number of benzene rings is 2. The molecular formula is C48H54N4. The quantitative estimate of drug-likeness (QED) is 0.171. The predicted molar refractivity (Wildman–Crippen MR) is 226 cm³/mol. The van der Waals surface area contributed by atoms with Crippen LogP contribution in [0.4, 0.5) is 0 Å². The van der Waals surface area contributed by atoms with Crippen molar-refractivity contribution < 1.29 is 0 Å². The molecule has 2 aliphatic heterocycles. The Labute approximate surface area is 309 Å². The van der Waals surface area contributed by atoms with E-state index in [0.717, 1.165) is 74.1 Å². The fraction of sp³-hybridized carbons (Fsp3) is 0.333. The minimum absolute atomic E-state index is 0.950. The van der Waals surface area contributed by atoms with Gasteiger partial charge in [-0.15, -0.1) is 0 Å². The van der Waals surface area contributed by atoms with Crippen molar-refractivity contribution in [3.8, 4) is 0 Å². The Hall–Kier alpha value is -4.96. The second-order valence-electron chi connectivity index (χ2n) is 14.0. The molecular weight excluding hydrogens is 633 g/mol. The van der Waals surface area contributed by atoms with Crippen LogP contribution in [-0.4, -0.2) is 19.9 Å². The molecule has 4 nitrogen and oxygen atoms in total. The van der Waals surface area contributed by atoms with Crippen molar-refractivity contribution in [1.29, 1.82) is 0 Å². The Morgan fingerprint density at radius 3 is 0.981 bits per heavy atom. The summed E-state index contributed by atoms with van der Waals surface area (Å²) in [6, 6.07) is 27.2. The van der Waals surface area contributed by atoms with Gasteiger partial charge in [0, 0.05) is 32.8 Å². The number of nitrogens with zero attached hydrogens (tertiary/aromatic N) is 2. The molecule has 8 aromatic rings. The van der Waals surface area contributed by atoms with E-state index in [2.05, 4.69) is 138 Å². The maximum absolute atomic E-state index is 5.32. The van der Waals surface area contributed by atoms with E-state index in [4.69, 9.17) is 9.97 Å². The maximum atomic E-state index is 5.32. The first kappa shape index (κ1) is 35.4. The highest BCUT2D eigenvalue weighted by molar-refractivity contribution is 5.99. The largest absolute Gasteiger partial charge is 0.355 e. The lowest BCUT2D eigenvalue weighted by Gasteiger charge is -2.05. The molecule has 0 fully saturated rings. The Morgan fingerprint density at radius 2 is 0.673 bits per heavy atom. The van der Waals surface area contributed by atoms with Crippen LogP contribution in [0.2, 0.25) is 0 Å². The molecule has 12 bridgehead atoms. The van der Waals surface area contributed by atoms with Crippen molar-refractivity contribution in [3.05, 3.63) is 118 Å². The Balaban J connectivity index is 1.61. The molecule has 266 valence electrons. The summed E-state index contributed by atoms with van der Waals surface area (Å²) < 4.78 is 0. The van der Waals surface area contributed by atoms with Gasteiger partial charge < -0.3 is 9.97 Å². The molecule has 0 saturated carbocycles. The number of aromatic amines is 2. The highest BCUT2D eigenvalue weighted by Gasteiger charge is 2.21. The summed E-state index contributed by atoms with van der Waals surface area (Å²) in [6.07, 6.45) is 7.70. The molecule has 6 aromatic heterocycles. The smallest absolute Gasteiger partial charge is 0.0744 e. The molecule has 0 amide bonds. The van der Waals surface area contributed by atoms with E-state index < -0.39 is 0 Å². The van der Waals surface area contributed by atoms with Crippen molar-refractivity contribution in [3.63, 3.8) is 0 Å². The molecule has 2 aromatic carbocycles. The van der Waals surface area contributed by atoms with Crippen molar-refractivity contribution in [1.82, 2.24) is 19.9 Å². The molecule has 0 unspecified atom stereocenters. The Morgan fingerprint density at radius 1 is 0.346 bits per heavy atom. The number of rotatable bonds is 8. The summed E-state index contributed by atoms with van der Waals surface area (Å²) in [6.45, 7) is 18.1. The highest BCUT2D eigenvalue weighted by Crippen LogP contribution is 2.39. The molecule has 0 aliphatic carbocycles. The Kier molecular flexibility index (Phi) is 10.2. The summed E-state index contributed by atoms with van der Waals surface area (Å²) >= 11 is 0. The van der Waals surface area contributed by atoms with Crippen LogP contribution in [-0.2, 0) is 25.7 Å². The van der Waals surface area contributed by atoms with E-state index in [-0.39, 0.29) is 0 Å². The Bertz CT molecular complexity index is 2290. The van der Waals surface area contributed by atoms with Crippen LogP contribution in [0.25, 0.3) is 65.9 Å². The highest BCUT2D eigenvalue weighted by atomic mass is 14.8. The molecule has 0 spiro atoms. The third-order valence-electron chi connectivity index (χ3n) is 11.4. The topological polar surface area (TPSA) is 57.4 Å². The van der Waals surface area contributed by atoms with Crippen LogP contribution in [0.1, 0.15) is 126 Å². The van der Waals surface area contributed by atoms with Crippen LogP contribution >= 0.6 is 0 Å². The summed E-state index contributed by atoms with van der Waals surface area (Å²) in [5, 5.41) is 4.78. The number of nitrogens with one attached hydrogen (secondary N) is 2. The molecule has 0 saturated heterocycles. The van der Waals surface area contributed by atoms with Gasteiger partial charge in [-0.25, -0.2) is 9.97 Å². The van der Waals surface area contributed by atoms with Crippen LogP contribution in [0.3, 0.4) is 0 Å². The van der Waals surface area contributed by atoms with E-state index in [1.165, 1.54) is 88.2 Å². The van der Waals surface area contributed by atoms with Gasteiger partial charge in [0.05, 0.1) is 22.8 Å². The zero-order chi connectivity index (χ0) is 36.5. The third kappa shape index (κ3) is 5.96. The van der Waals surface area contributed by atoms with Crippen LogP contribution < -0.4 is 0 Å². The SMILES string of the molecule is CCC1=C(CC)c2nc1ccc1[nH]c(c(CC)c1CC)c1ccc(cc1)c1[nH]c(ccc3nc(c4ccc2cc4)C(CC)=C3CC)c(CC)c1CC. The lowest BCUT2D eigenvalue weighted by atomic mass is 9.97. The minimum Gasteiger partial charge on any atom is -0.355 e. The zero-order valence-electron chi connectivity index (χ0n) is 32.5. The molecule has 8 heterocycles. The van der Waals surface area contributed by atoms with Crippen LogP contribution in [0.5, 0.6) is 0 Å². The van der Waals surface area contributed by atoms with Gasteiger partial charge in [0.1, 0.15) is 0 Å². The van der Waals surface area contributed by atoms with E-state index in [1.807, 2.05) is 0 Å². The normalized spacial score (nSPS) is 13.1. The summed E-state index contributed by atoms with van der Waals surface area (Å²) in [5.41, 5.74) is 20.1. The van der Waals surface area contributed by atoms with Gasteiger partial charge >= 0.3 is 0 Å². The minimum atomic E-state index is 0.950. The van der Waals surface area contributed by atoms with E-state index in [0.29, 0.717) is 0 Å². The molecule has 10 rings (SSSR count). The van der Waals surface area contributed by atoms with E-state index in [9.17, 15) is 0 Å². The molecule has 2 N–H and O–H groups in total. The third-order valence-corrected chi connectivity index (χ3v) is 11.4. The van der Waals surface area contributed by atoms with Crippen LogP contribution in [0.15, 0.2) is 72.8 Å². The van der Waals surface area contributed by atoms with Crippen molar-refractivity contribution in [2.45, 2.75) is 107 Å². The van der Waals surface area contributed by atoms with Gasteiger partial charge in [0.25, 0.3) is 0 Å². The summed E-state index contributed by atoms with van der Waals surface area (Å²) in [4.78, 5) is 18.4. The summed E-state index contributed by atoms with van der Waals surface area (Å²) in [7, 11) is 0. The number of hydrogen-bond donors (Lipinski definition) is 2. The molecule has 0 atom stereocenters. The first-order valence-corrected chi connectivity index (χ1v) is 19.8. The fourth-order valence-corrected chi connectivity index (χ4v) is 8.89. The van der Waals surface area contributed by atoms with Crippen molar-refractivity contribution in [2.75, 3.05) is 0 Å². The molecule has 52 heavy (non-hydrogen) atoms. The number of aromatic nitrogens is 4. The van der Waals surface area contributed by atoms with Gasteiger partial charge in [-0.05, 0) is 131 Å². The lowest BCUT2D eigenvalue weighted by molar-refractivity contribution is 1.07. The first-order chi connectivity index (χ1) is 25.4. The predicted octanol–water partition coefficient (Wildman–Crippen LogP) is 13.5. The zero-order valence-corrected chi connectivity index (χ0v) is 32.5. The van der Waals surface area contributed by atoms with Gasteiger partial charge in [0.2, 0.25) is 0 Å². The number of hydrogen-bond acceptors (Lipinski definition) is 2. The lowest BCUT2D eigenvalue weighted by Crippen LogP contribution is -1.86. The maximum Gasteiger partial charge on any atom is 0.0744 e.